The van der Waals surface area contributed by atoms with E-state index in [4.69, 9.17) is 27.9 Å². The molecule has 0 radical (unpaired) electrons. The minimum atomic E-state index is -1.06. The van der Waals surface area contributed by atoms with E-state index in [0.717, 1.165) is 22.3 Å². The molecule has 1 amide bonds. The molecule has 2 N–H and O–H groups in total. The molecule has 0 fully saturated rings. The number of carboxylic acids is 1. The predicted octanol–water partition coefficient (Wildman–Crippen LogP) is 6.05. The van der Waals surface area contributed by atoms with E-state index in [2.05, 4.69) is 17.4 Å². The fraction of sp³-hybridized carbons (Fsp3) is 0.167. The lowest BCUT2D eigenvalue weighted by atomic mass is 9.98. The van der Waals surface area contributed by atoms with Crippen LogP contribution in [-0.4, -0.2) is 23.8 Å². The second-order valence-electron chi connectivity index (χ2n) is 7.29. The number of halogens is 2. The summed E-state index contributed by atoms with van der Waals surface area (Å²) >= 11 is 12.0. The van der Waals surface area contributed by atoms with E-state index in [0.29, 0.717) is 10.6 Å². The van der Waals surface area contributed by atoms with Crippen LogP contribution in [0.15, 0.2) is 66.7 Å². The van der Waals surface area contributed by atoms with Gasteiger partial charge in [-0.3, -0.25) is 4.79 Å². The van der Waals surface area contributed by atoms with Crippen molar-refractivity contribution in [3.63, 3.8) is 0 Å². The Kier molecular flexibility index (Phi) is 6.16. The van der Waals surface area contributed by atoms with Crippen LogP contribution >= 0.6 is 23.2 Å². The SMILES string of the molecule is O=C(O)CC(NC(=O)OCC1c2ccccc2-c2ccccc21)c1ccc(Cl)c(Cl)c1. The van der Waals surface area contributed by atoms with Crippen molar-refractivity contribution < 1.29 is 19.4 Å². The van der Waals surface area contributed by atoms with Gasteiger partial charge in [0.2, 0.25) is 0 Å². The molecule has 3 aromatic carbocycles. The van der Waals surface area contributed by atoms with Crippen LogP contribution in [0.1, 0.15) is 35.1 Å². The second-order valence-corrected chi connectivity index (χ2v) is 8.11. The summed E-state index contributed by atoms with van der Waals surface area (Å²) < 4.78 is 5.53. The predicted molar refractivity (Wildman–Crippen MR) is 120 cm³/mol. The van der Waals surface area contributed by atoms with Gasteiger partial charge < -0.3 is 15.2 Å². The van der Waals surface area contributed by atoms with Crippen LogP contribution in [0.5, 0.6) is 0 Å². The van der Waals surface area contributed by atoms with Gasteiger partial charge in [-0.25, -0.2) is 4.79 Å². The molecular weight excluding hydrogens is 437 g/mol. The molecule has 4 rings (SSSR count). The van der Waals surface area contributed by atoms with Crippen LogP contribution in [0.25, 0.3) is 11.1 Å². The van der Waals surface area contributed by atoms with Crippen LogP contribution < -0.4 is 5.32 Å². The lowest BCUT2D eigenvalue weighted by molar-refractivity contribution is -0.137. The maximum atomic E-state index is 12.6. The smallest absolute Gasteiger partial charge is 0.407 e. The van der Waals surface area contributed by atoms with Gasteiger partial charge in [-0.15, -0.1) is 0 Å². The largest absolute Gasteiger partial charge is 0.481 e. The van der Waals surface area contributed by atoms with Crippen molar-refractivity contribution in [2.45, 2.75) is 18.4 Å². The van der Waals surface area contributed by atoms with Gasteiger partial charge >= 0.3 is 12.1 Å². The molecule has 0 aromatic heterocycles. The van der Waals surface area contributed by atoms with Crippen molar-refractivity contribution in [1.82, 2.24) is 5.32 Å². The van der Waals surface area contributed by atoms with E-state index in [-0.39, 0.29) is 24.0 Å². The van der Waals surface area contributed by atoms with Crippen LogP contribution in [0.2, 0.25) is 10.0 Å². The van der Waals surface area contributed by atoms with Crippen molar-refractivity contribution in [2.24, 2.45) is 0 Å². The van der Waals surface area contributed by atoms with Gasteiger partial charge in [-0.2, -0.15) is 0 Å². The molecule has 0 spiro atoms. The van der Waals surface area contributed by atoms with E-state index in [9.17, 15) is 14.7 Å². The van der Waals surface area contributed by atoms with Crippen molar-refractivity contribution in [3.8, 4) is 11.1 Å². The summed E-state index contributed by atoms with van der Waals surface area (Å²) in [5, 5.41) is 12.5. The Hall–Kier alpha value is -3.02. The number of amides is 1. The Labute approximate surface area is 189 Å². The van der Waals surface area contributed by atoms with Crippen molar-refractivity contribution >= 4 is 35.3 Å². The lowest BCUT2D eigenvalue weighted by Gasteiger charge is -2.19. The van der Waals surface area contributed by atoms with E-state index in [1.165, 1.54) is 0 Å². The molecule has 7 heteroatoms. The highest BCUT2D eigenvalue weighted by Gasteiger charge is 2.29. The fourth-order valence-corrected chi connectivity index (χ4v) is 4.24. The molecule has 31 heavy (non-hydrogen) atoms. The Morgan fingerprint density at radius 1 is 0.935 bits per heavy atom. The number of carboxylic acid groups (broad SMARTS) is 1. The molecule has 158 valence electrons. The first-order valence-electron chi connectivity index (χ1n) is 9.72. The first-order valence-corrected chi connectivity index (χ1v) is 10.5. The number of hydrogen-bond donors (Lipinski definition) is 2. The van der Waals surface area contributed by atoms with Crippen LogP contribution in [0, 0.1) is 0 Å². The molecule has 5 nitrogen and oxygen atoms in total. The summed E-state index contributed by atoms with van der Waals surface area (Å²) in [4.78, 5) is 23.9. The molecule has 0 saturated carbocycles. The number of ether oxygens (including phenoxy) is 1. The van der Waals surface area contributed by atoms with Gasteiger partial charge in [0.25, 0.3) is 0 Å². The third-order valence-electron chi connectivity index (χ3n) is 5.36. The van der Waals surface area contributed by atoms with Gasteiger partial charge in [-0.1, -0.05) is 77.8 Å². The lowest BCUT2D eigenvalue weighted by Crippen LogP contribution is -2.31. The average molecular weight is 456 g/mol. The number of fused-ring (bicyclic) bond motifs is 3. The average Bonchev–Trinajstić information content (AvgIpc) is 3.07. The minimum Gasteiger partial charge on any atom is -0.481 e. The summed E-state index contributed by atoms with van der Waals surface area (Å²) in [5.74, 6) is -1.14. The zero-order valence-electron chi connectivity index (χ0n) is 16.3. The zero-order valence-corrected chi connectivity index (χ0v) is 17.9. The Bertz CT molecular complexity index is 1100. The normalized spacial score (nSPS) is 13.2. The molecule has 3 aromatic rings. The quantitative estimate of drug-likeness (QED) is 0.474. The highest BCUT2D eigenvalue weighted by molar-refractivity contribution is 6.42. The Balaban J connectivity index is 1.49. The van der Waals surface area contributed by atoms with E-state index in [1.54, 1.807) is 18.2 Å². The van der Waals surface area contributed by atoms with Crippen molar-refractivity contribution in [3.05, 3.63) is 93.5 Å². The molecule has 0 bridgehead atoms. The van der Waals surface area contributed by atoms with Gasteiger partial charge in [0.15, 0.2) is 0 Å². The van der Waals surface area contributed by atoms with Gasteiger partial charge in [0, 0.05) is 5.92 Å². The fourth-order valence-electron chi connectivity index (χ4n) is 3.94. The topological polar surface area (TPSA) is 75.6 Å². The first-order chi connectivity index (χ1) is 14.9. The van der Waals surface area contributed by atoms with Crippen LogP contribution in [0.4, 0.5) is 4.79 Å². The molecule has 1 aliphatic carbocycles. The summed E-state index contributed by atoms with van der Waals surface area (Å²) in [6.07, 6.45) is -1.01. The third kappa shape index (κ3) is 4.53. The van der Waals surface area contributed by atoms with E-state index >= 15 is 0 Å². The van der Waals surface area contributed by atoms with Crippen LogP contribution in [0.3, 0.4) is 0 Å². The molecule has 1 atom stereocenters. The van der Waals surface area contributed by atoms with Crippen molar-refractivity contribution in [1.29, 1.82) is 0 Å². The van der Waals surface area contributed by atoms with E-state index < -0.39 is 18.1 Å². The van der Waals surface area contributed by atoms with Crippen LogP contribution in [-0.2, 0) is 9.53 Å². The first kappa shape index (κ1) is 21.2. The molecule has 0 heterocycles. The summed E-state index contributed by atoms with van der Waals surface area (Å²) in [7, 11) is 0. The third-order valence-corrected chi connectivity index (χ3v) is 6.10. The number of carbonyl (C=O) groups is 2. The minimum absolute atomic E-state index is 0.0824. The maximum absolute atomic E-state index is 12.6. The highest BCUT2D eigenvalue weighted by Crippen LogP contribution is 2.44. The number of hydrogen-bond acceptors (Lipinski definition) is 3. The number of carbonyl (C=O) groups excluding carboxylic acids is 1. The number of alkyl carbamates (subject to hydrolysis) is 1. The maximum Gasteiger partial charge on any atom is 0.407 e. The number of benzene rings is 3. The number of aliphatic carboxylic acids is 1. The molecule has 0 aliphatic heterocycles. The van der Waals surface area contributed by atoms with Gasteiger partial charge in [0.05, 0.1) is 22.5 Å². The summed E-state index contributed by atoms with van der Waals surface area (Å²) in [6.45, 7) is 0.140. The summed E-state index contributed by atoms with van der Waals surface area (Å²) in [5.41, 5.74) is 5.00. The zero-order chi connectivity index (χ0) is 22.0. The molecular formula is C24H19Cl2NO4. The number of nitrogens with one attached hydrogen (secondary N) is 1. The molecule has 1 aliphatic rings. The van der Waals surface area contributed by atoms with E-state index in [1.807, 2.05) is 36.4 Å². The Morgan fingerprint density at radius 2 is 1.55 bits per heavy atom. The standard InChI is InChI=1S/C24H19Cl2NO4/c25-20-10-9-14(11-21(20)26)22(12-23(28)29)27-24(30)31-13-19-17-7-3-1-5-15(17)16-6-2-4-8-18(16)19/h1-11,19,22H,12-13H2,(H,27,30)(H,28,29). The summed E-state index contributed by atoms with van der Waals surface area (Å²) in [6, 6.07) is 20.0. The number of rotatable bonds is 6. The van der Waals surface area contributed by atoms with Crippen molar-refractivity contribution in [2.75, 3.05) is 6.61 Å². The van der Waals surface area contributed by atoms with Gasteiger partial charge in [0.1, 0.15) is 6.61 Å². The monoisotopic (exact) mass is 455 g/mol. The molecule has 1 unspecified atom stereocenters. The molecule has 0 saturated heterocycles. The Morgan fingerprint density at radius 3 is 2.13 bits per heavy atom. The highest BCUT2D eigenvalue weighted by atomic mass is 35.5. The second kappa shape index (κ2) is 9.00. The van der Waals surface area contributed by atoms with Gasteiger partial charge in [-0.05, 0) is 39.9 Å².